The summed E-state index contributed by atoms with van der Waals surface area (Å²) in [6.45, 7) is 0.140. The van der Waals surface area contributed by atoms with Gasteiger partial charge in [-0.05, 0) is 24.3 Å². The highest BCUT2D eigenvalue weighted by atomic mass is 32.2. The maximum absolute atomic E-state index is 13.9. The highest BCUT2D eigenvalue weighted by Gasteiger charge is 2.41. The molecule has 1 saturated heterocycles. The number of hydrogen-bond acceptors (Lipinski definition) is 5. The fraction of sp³-hybridized carbons (Fsp3) is 0.267. The van der Waals surface area contributed by atoms with Crippen LogP contribution in [0.1, 0.15) is 0 Å². The summed E-state index contributed by atoms with van der Waals surface area (Å²) in [7, 11) is -3.79. The lowest BCUT2D eigenvalue weighted by Gasteiger charge is -2.32. The van der Waals surface area contributed by atoms with Crippen molar-refractivity contribution < 1.29 is 31.5 Å². The van der Waals surface area contributed by atoms with Crippen LogP contribution in [0.15, 0.2) is 42.0 Å². The molecule has 6 nitrogen and oxygen atoms in total. The number of carbonyl (C=O) groups excluding carboxylic acids is 1. The molecule has 0 radical (unpaired) electrons. The van der Waals surface area contributed by atoms with Gasteiger partial charge in [-0.25, -0.2) is 22.0 Å². The number of esters is 1. The minimum absolute atomic E-state index is 0.140. The number of benzene rings is 1. The standard InChI is InChI=1S/C15H13F2NO5S/c1-24(20,21)18-15(23-13-3-2-10(16)6-12(13)17)5-4-9-8-22-14(19)11(9)7-15/h2-7,9,18H,8H2,1H3. The zero-order valence-electron chi connectivity index (χ0n) is 12.5. The third-order valence-electron chi connectivity index (χ3n) is 3.49. The van der Waals surface area contributed by atoms with Gasteiger partial charge in [0.05, 0.1) is 6.26 Å². The van der Waals surface area contributed by atoms with Gasteiger partial charge in [0.25, 0.3) is 0 Å². The molecule has 0 spiro atoms. The van der Waals surface area contributed by atoms with Crippen LogP contribution in [-0.4, -0.2) is 33.0 Å². The molecule has 1 aromatic carbocycles. The van der Waals surface area contributed by atoms with E-state index < -0.39 is 33.4 Å². The summed E-state index contributed by atoms with van der Waals surface area (Å²) in [6.07, 6.45) is 5.02. The molecule has 0 saturated carbocycles. The Labute approximate surface area is 136 Å². The summed E-state index contributed by atoms with van der Waals surface area (Å²) in [4.78, 5) is 11.7. The second-order valence-electron chi connectivity index (χ2n) is 5.51. The van der Waals surface area contributed by atoms with Crippen LogP contribution < -0.4 is 9.46 Å². The fourth-order valence-corrected chi connectivity index (χ4v) is 3.28. The quantitative estimate of drug-likeness (QED) is 0.498. The van der Waals surface area contributed by atoms with E-state index in [1.165, 1.54) is 12.2 Å². The molecule has 9 heteroatoms. The van der Waals surface area contributed by atoms with E-state index in [9.17, 15) is 22.0 Å². The predicted octanol–water partition coefficient (Wildman–Crippen LogP) is 1.26. The minimum atomic E-state index is -3.79. The van der Waals surface area contributed by atoms with Crippen LogP contribution >= 0.6 is 0 Å². The second-order valence-corrected chi connectivity index (χ2v) is 7.26. The SMILES string of the molecule is CS(=O)(=O)NC1(Oc2ccc(F)cc2F)C=CC2COC(=O)C2=C1. The van der Waals surface area contributed by atoms with Crippen LogP contribution in [0, 0.1) is 17.6 Å². The van der Waals surface area contributed by atoms with Gasteiger partial charge >= 0.3 is 5.97 Å². The van der Waals surface area contributed by atoms with Gasteiger partial charge in [-0.1, -0.05) is 6.08 Å². The fourth-order valence-electron chi connectivity index (χ4n) is 2.53. The molecule has 2 unspecified atom stereocenters. The largest absolute Gasteiger partial charge is 0.462 e. The van der Waals surface area contributed by atoms with E-state index in [1.807, 2.05) is 0 Å². The lowest BCUT2D eigenvalue weighted by atomic mass is 9.92. The summed E-state index contributed by atoms with van der Waals surface area (Å²) in [5, 5.41) is 0. The van der Waals surface area contributed by atoms with Gasteiger partial charge in [-0.15, -0.1) is 0 Å². The molecule has 0 amide bonds. The molecule has 1 aliphatic carbocycles. The first-order chi connectivity index (χ1) is 11.2. The molecule has 2 aliphatic rings. The molecule has 1 fully saturated rings. The van der Waals surface area contributed by atoms with E-state index >= 15 is 0 Å². The van der Waals surface area contributed by atoms with Crippen molar-refractivity contribution in [1.29, 1.82) is 0 Å². The van der Waals surface area contributed by atoms with Crippen molar-refractivity contribution in [3.05, 3.63) is 53.6 Å². The van der Waals surface area contributed by atoms with Crippen molar-refractivity contribution in [3.63, 3.8) is 0 Å². The van der Waals surface area contributed by atoms with Gasteiger partial charge in [-0.2, -0.15) is 4.72 Å². The number of sulfonamides is 1. The third kappa shape index (κ3) is 3.31. The molecule has 1 aromatic rings. The number of rotatable bonds is 4. The number of cyclic esters (lactones) is 1. The lowest BCUT2D eigenvalue weighted by molar-refractivity contribution is -0.135. The Balaban J connectivity index is 2.04. The van der Waals surface area contributed by atoms with Crippen LogP contribution in [0.5, 0.6) is 5.75 Å². The molecule has 1 heterocycles. The molecule has 0 aromatic heterocycles. The first-order valence-electron chi connectivity index (χ1n) is 6.90. The van der Waals surface area contributed by atoms with E-state index in [-0.39, 0.29) is 23.8 Å². The summed E-state index contributed by atoms with van der Waals surface area (Å²) in [5.74, 6) is -3.12. The van der Waals surface area contributed by atoms with Gasteiger partial charge in [0.2, 0.25) is 15.7 Å². The first-order valence-corrected chi connectivity index (χ1v) is 8.79. The maximum atomic E-state index is 13.9. The van der Waals surface area contributed by atoms with Gasteiger partial charge in [0.1, 0.15) is 12.4 Å². The smallest absolute Gasteiger partial charge is 0.334 e. The van der Waals surface area contributed by atoms with Gasteiger partial charge < -0.3 is 9.47 Å². The third-order valence-corrected chi connectivity index (χ3v) is 4.18. The number of ether oxygens (including phenoxy) is 2. The van der Waals surface area contributed by atoms with Crippen LogP contribution in [-0.2, 0) is 19.6 Å². The highest BCUT2D eigenvalue weighted by molar-refractivity contribution is 7.88. The molecule has 128 valence electrons. The molecular weight excluding hydrogens is 344 g/mol. The average molecular weight is 357 g/mol. The lowest BCUT2D eigenvalue weighted by Crippen LogP contribution is -2.51. The van der Waals surface area contributed by atoms with Crippen LogP contribution in [0.2, 0.25) is 0 Å². The van der Waals surface area contributed by atoms with Gasteiger partial charge in [0, 0.05) is 17.6 Å². The van der Waals surface area contributed by atoms with Crippen molar-refractivity contribution >= 4 is 16.0 Å². The number of fused-ring (bicyclic) bond motifs is 1. The van der Waals surface area contributed by atoms with Crippen molar-refractivity contribution in [2.24, 2.45) is 5.92 Å². The average Bonchev–Trinajstić information content (AvgIpc) is 2.81. The Morgan fingerprint density at radius 2 is 2.12 bits per heavy atom. The van der Waals surface area contributed by atoms with Crippen LogP contribution in [0.4, 0.5) is 8.78 Å². The Bertz CT molecular complexity index is 865. The van der Waals surface area contributed by atoms with Gasteiger partial charge in [0.15, 0.2) is 11.6 Å². The monoisotopic (exact) mass is 357 g/mol. The minimum Gasteiger partial charge on any atom is -0.462 e. The molecule has 1 aliphatic heterocycles. The number of nitrogens with one attached hydrogen (secondary N) is 1. The normalized spacial score (nSPS) is 25.9. The topological polar surface area (TPSA) is 81.7 Å². The van der Waals surface area contributed by atoms with Crippen molar-refractivity contribution in [3.8, 4) is 5.75 Å². The number of halogens is 2. The molecule has 3 rings (SSSR count). The van der Waals surface area contributed by atoms with E-state index in [1.54, 1.807) is 6.08 Å². The van der Waals surface area contributed by atoms with Crippen molar-refractivity contribution in [1.82, 2.24) is 4.72 Å². The van der Waals surface area contributed by atoms with Gasteiger partial charge in [-0.3, -0.25) is 0 Å². The van der Waals surface area contributed by atoms with Crippen LogP contribution in [0.25, 0.3) is 0 Å². The zero-order chi connectivity index (χ0) is 17.5. The van der Waals surface area contributed by atoms with Crippen molar-refractivity contribution in [2.75, 3.05) is 12.9 Å². The Kier molecular flexibility index (Phi) is 3.92. The van der Waals surface area contributed by atoms with E-state index in [2.05, 4.69) is 4.72 Å². The molecular formula is C15H13F2NO5S. The summed E-state index contributed by atoms with van der Waals surface area (Å²) >= 11 is 0. The molecule has 24 heavy (non-hydrogen) atoms. The maximum Gasteiger partial charge on any atom is 0.334 e. The van der Waals surface area contributed by atoms with Crippen molar-refractivity contribution in [2.45, 2.75) is 5.72 Å². The summed E-state index contributed by atoms with van der Waals surface area (Å²) in [6, 6.07) is 2.61. The van der Waals surface area contributed by atoms with E-state index in [0.717, 1.165) is 18.4 Å². The summed E-state index contributed by atoms with van der Waals surface area (Å²) in [5.41, 5.74) is -1.61. The van der Waals surface area contributed by atoms with Crippen LogP contribution in [0.3, 0.4) is 0 Å². The van der Waals surface area contributed by atoms with E-state index in [4.69, 9.17) is 9.47 Å². The highest BCUT2D eigenvalue weighted by Crippen LogP contribution is 2.33. The second kappa shape index (κ2) is 5.67. The molecule has 2 atom stereocenters. The summed E-state index contributed by atoms with van der Waals surface area (Å²) < 4.78 is 62.8. The first kappa shape index (κ1) is 16.6. The Morgan fingerprint density at radius 3 is 2.79 bits per heavy atom. The van der Waals surface area contributed by atoms with E-state index in [0.29, 0.717) is 6.07 Å². The zero-order valence-corrected chi connectivity index (χ0v) is 13.3. The molecule has 0 bridgehead atoms. The Morgan fingerprint density at radius 1 is 1.38 bits per heavy atom. The molecule has 1 N–H and O–H groups in total. The number of carbonyl (C=O) groups is 1. The number of hydrogen-bond donors (Lipinski definition) is 1. The predicted molar refractivity (Wildman–Crippen MR) is 79.4 cm³/mol. The Hall–Kier alpha value is -2.26.